The van der Waals surface area contributed by atoms with Gasteiger partial charge in [-0.2, -0.15) is 0 Å². The number of rotatable bonds is 7. The first kappa shape index (κ1) is 17.4. The summed E-state index contributed by atoms with van der Waals surface area (Å²) in [6, 6.07) is 20.4. The Kier molecular flexibility index (Phi) is 5.21. The van der Waals surface area contributed by atoms with Crippen LogP contribution in [0, 0.1) is 5.82 Å². The Labute approximate surface area is 157 Å². The van der Waals surface area contributed by atoms with Crippen LogP contribution in [0.3, 0.4) is 0 Å². The molecule has 3 aromatic rings. The lowest BCUT2D eigenvalue weighted by atomic mass is 10.1. The molecule has 27 heavy (non-hydrogen) atoms. The quantitative estimate of drug-likeness (QED) is 0.673. The van der Waals surface area contributed by atoms with Gasteiger partial charge in [0.1, 0.15) is 18.2 Å². The fourth-order valence-electron chi connectivity index (χ4n) is 2.95. The van der Waals surface area contributed by atoms with Crippen molar-refractivity contribution in [1.82, 2.24) is 5.32 Å². The summed E-state index contributed by atoms with van der Waals surface area (Å²) in [4.78, 5) is 0. The molecule has 138 valence electrons. The van der Waals surface area contributed by atoms with Gasteiger partial charge < -0.3 is 19.5 Å². The highest BCUT2D eigenvalue weighted by molar-refractivity contribution is 5.44. The van der Waals surface area contributed by atoms with Crippen molar-refractivity contribution in [3.63, 3.8) is 0 Å². The fraction of sp³-hybridized carbons (Fsp3) is 0.182. The molecule has 0 saturated heterocycles. The van der Waals surface area contributed by atoms with Crippen LogP contribution in [-0.2, 0) is 19.7 Å². The van der Waals surface area contributed by atoms with Crippen LogP contribution in [0.25, 0.3) is 0 Å². The van der Waals surface area contributed by atoms with E-state index >= 15 is 0 Å². The van der Waals surface area contributed by atoms with Gasteiger partial charge in [0, 0.05) is 24.2 Å². The lowest BCUT2D eigenvalue weighted by molar-refractivity contribution is 0.174. The lowest BCUT2D eigenvalue weighted by Gasteiger charge is -2.13. The normalized spacial score (nSPS) is 12.2. The van der Waals surface area contributed by atoms with Gasteiger partial charge in [-0.05, 0) is 29.8 Å². The molecule has 3 aromatic carbocycles. The van der Waals surface area contributed by atoms with Gasteiger partial charge in [-0.3, -0.25) is 0 Å². The number of hydrogen-bond donors (Lipinski definition) is 1. The fourth-order valence-corrected chi connectivity index (χ4v) is 2.95. The highest BCUT2D eigenvalue weighted by Crippen LogP contribution is 2.32. The number of nitrogens with one attached hydrogen (secondary N) is 1. The van der Waals surface area contributed by atoms with Gasteiger partial charge in [0.25, 0.3) is 0 Å². The van der Waals surface area contributed by atoms with Crippen molar-refractivity contribution in [1.29, 1.82) is 0 Å². The molecular formula is C22H20FNO3. The molecule has 0 bridgehead atoms. The molecule has 1 N–H and O–H groups in total. The third kappa shape index (κ3) is 4.20. The summed E-state index contributed by atoms with van der Waals surface area (Å²) < 4.78 is 30.4. The maximum absolute atomic E-state index is 13.8. The van der Waals surface area contributed by atoms with Crippen molar-refractivity contribution in [2.75, 3.05) is 6.79 Å². The maximum atomic E-state index is 13.8. The smallest absolute Gasteiger partial charge is 0.231 e. The van der Waals surface area contributed by atoms with E-state index in [-0.39, 0.29) is 19.2 Å². The average molecular weight is 365 g/mol. The first-order valence-electron chi connectivity index (χ1n) is 8.83. The Bertz CT molecular complexity index is 929. The molecule has 0 fully saturated rings. The third-order valence-corrected chi connectivity index (χ3v) is 4.40. The van der Waals surface area contributed by atoms with Crippen molar-refractivity contribution in [3.05, 3.63) is 89.2 Å². The second-order valence-electron chi connectivity index (χ2n) is 6.28. The van der Waals surface area contributed by atoms with Gasteiger partial charge in [-0.15, -0.1) is 0 Å². The van der Waals surface area contributed by atoms with E-state index < -0.39 is 0 Å². The average Bonchev–Trinajstić information content (AvgIpc) is 3.16. The zero-order valence-electron chi connectivity index (χ0n) is 14.8. The van der Waals surface area contributed by atoms with Crippen molar-refractivity contribution in [2.24, 2.45) is 0 Å². The van der Waals surface area contributed by atoms with Crippen molar-refractivity contribution in [2.45, 2.75) is 19.7 Å². The molecule has 0 radical (unpaired) electrons. The summed E-state index contributed by atoms with van der Waals surface area (Å²) in [5.74, 6) is 2.06. The number of hydrogen-bond acceptors (Lipinski definition) is 4. The lowest BCUT2D eigenvalue weighted by Crippen LogP contribution is -2.13. The second-order valence-corrected chi connectivity index (χ2v) is 6.28. The molecule has 0 spiro atoms. The Morgan fingerprint density at radius 1 is 0.852 bits per heavy atom. The van der Waals surface area contributed by atoms with Crippen LogP contribution >= 0.6 is 0 Å². The molecule has 1 aliphatic heterocycles. The standard InChI is InChI=1S/C22H20FNO3/c23-19-7-3-1-6-18(19)14-25-20-8-4-2-5-17(20)13-24-12-16-9-10-21-22(11-16)27-15-26-21/h1-11,24H,12-15H2. The van der Waals surface area contributed by atoms with Crippen molar-refractivity contribution >= 4 is 0 Å². The molecule has 4 nitrogen and oxygen atoms in total. The number of ether oxygens (including phenoxy) is 3. The van der Waals surface area contributed by atoms with E-state index in [0.717, 1.165) is 28.4 Å². The van der Waals surface area contributed by atoms with E-state index in [9.17, 15) is 4.39 Å². The molecule has 5 heteroatoms. The van der Waals surface area contributed by atoms with Crippen LogP contribution in [0.4, 0.5) is 4.39 Å². The number of fused-ring (bicyclic) bond motifs is 1. The molecule has 0 saturated carbocycles. The van der Waals surface area contributed by atoms with Gasteiger partial charge in [-0.25, -0.2) is 4.39 Å². The molecule has 0 aromatic heterocycles. The molecule has 1 aliphatic rings. The minimum Gasteiger partial charge on any atom is -0.488 e. The van der Waals surface area contributed by atoms with Gasteiger partial charge in [0.15, 0.2) is 11.5 Å². The molecule has 1 heterocycles. The van der Waals surface area contributed by atoms with E-state index in [1.807, 2.05) is 42.5 Å². The minimum atomic E-state index is -0.254. The minimum absolute atomic E-state index is 0.200. The van der Waals surface area contributed by atoms with Gasteiger partial charge in [0.2, 0.25) is 6.79 Å². The first-order chi connectivity index (χ1) is 13.3. The summed E-state index contributed by atoms with van der Waals surface area (Å²) in [5.41, 5.74) is 2.68. The highest BCUT2D eigenvalue weighted by Gasteiger charge is 2.13. The highest BCUT2D eigenvalue weighted by atomic mass is 19.1. The van der Waals surface area contributed by atoms with Crippen LogP contribution in [0.1, 0.15) is 16.7 Å². The first-order valence-corrected chi connectivity index (χ1v) is 8.83. The zero-order chi connectivity index (χ0) is 18.5. The molecule has 0 atom stereocenters. The van der Waals surface area contributed by atoms with Gasteiger partial charge >= 0.3 is 0 Å². The Morgan fingerprint density at radius 3 is 2.52 bits per heavy atom. The van der Waals surface area contributed by atoms with Crippen molar-refractivity contribution in [3.8, 4) is 17.2 Å². The Hall–Kier alpha value is -3.05. The predicted octanol–water partition coefficient (Wildman–Crippen LogP) is 4.42. The molecule has 0 amide bonds. The SMILES string of the molecule is Fc1ccccc1COc1ccccc1CNCc1ccc2c(c1)OCO2. The van der Waals surface area contributed by atoms with Crippen LogP contribution in [-0.4, -0.2) is 6.79 Å². The van der Waals surface area contributed by atoms with Gasteiger partial charge in [-0.1, -0.05) is 42.5 Å². The Balaban J connectivity index is 1.36. The molecule has 0 aliphatic carbocycles. The second kappa shape index (κ2) is 8.10. The number of para-hydroxylation sites is 1. The van der Waals surface area contributed by atoms with Crippen LogP contribution in [0.5, 0.6) is 17.2 Å². The summed E-state index contributed by atoms with van der Waals surface area (Å²) in [5, 5.41) is 3.41. The monoisotopic (exact) mass is 365 g/mol. The number of halogens is 1. The molecule has 0 unspecified atom stereocenters. The topological polar surface area (TPSA) is 39.7 Å². The summed E-state index contributed by atoms with van der Waals surface area (Å²) in [7, 11) is 0. The summed E-state index contributed by atoms with van der Waals surface area (Å²) in [6.45, 7) is 1.81. The van der Waals surface area contributed by atoms with E-state index in [1.165, 1.54) is 6.07 Å². The maximum Gasteiger partial charge on any atom is 0.231 e. The van der Waals surface area contributed by atoms with Crippen LogP contribution in [0.15, 0.2) is 66.7 Å². The van der Waals surface area contributed by atoms with Gasteiger partial charge in [0.05, 0.1) is 0 Å². The summed E-state index contributed by atoms with van der Waals surface area (Å²) >= 11 is 0. The van der Waals surface area contributed by atoms with Crippen LogP contribution in [0.2, 0.25) is 0 Å². The zero-order valence-corrected chi connectivity index (χ0v) is 14.8. The van der Waals surface area contributed by atoms with Crippen molar-refractivity contribution < 1.29 is 18.6 Å². The van der Waals surface area contributed by atoms with E-state index in [0.29, 0.717) is 18.7 Å². The predicted molar refractivity (Wildman–Crippen MR) is 100 cm³/mol. The summed E-state index contributed by atoms with van der Waals surface area (Å²) in [6.07, 6.45) is 0. The van der Waals surface area contributed by atoms with E-state index in [4.69, 9.17) is 14.2 Å². The largest absolute Gasteiger partial charge is 0.488 e. The third-order valence-electron chi connectivity index (χ3n) is 4.40. The Morgan fingerprint density at radius 2 is 1.63 bits per heavy atom. The van der Waals surface area contributed by atoms with E-state index in [2.05, 4.69) is 5.32 Å². The van der Waals surface area contributed by atoms with E-state index in [1.54, 1.807) is 18.2 Å². The molecular weight excluding hydrogens is 345 g/mol. The molecule has 4 rings (SSSR count). The number of benzene rings is 3. The van der Waals surface area contributed by atoms with Crippen LogP contribution < -0.4 is 19.5 Å².